The molecule has 0 aliphatic heterocycles. The number of anilines is 2. The van der Waals surface area contributed by atoms with Crippen LogP contribution in [-0.4, -0.2) is 18.6 Å². The van der Waals surface area contributed by atoms with Crippen molar-refractivity contribution in [2.24, 2.45) is 0 Å². The van der Waals surface area contributed by atoms with Gasteiger partial charge in [-0.15, -0.1) is 0 Å². The van der Waals surface area contributed by atoms with E-state index in [0.717, 1.165) is 12.4 Å². The zero-order valence-corrected chi connectivity index (χ0v) is 8.33. The number of nitrogens with zero attached hydrogens (tertiary/aromatic N) is 2. The van der Waals surface area contributed by atoms with E-state index in [0.29, 0.717) is 5.82 Å². The molecular formula is C10H17N3. The van der Waals surface area contributed by atoms with E-state index in [1.165, 1.54) is 12.8 Å². The van der Waals surface area contributed by atoms with E-state index < -0.39 is 0 Å². The lowest BCUT2D eigenvalue weighted by molar-refractivity contribution is 0.760. The molecule has 72 valence electrons. The van der Waals surface area contributed by atoms with Crippen LogP contribution in [0.5, 0.6) is 0 Å². The monoisotopic (exact) mass is 179 g/mol. The molecule has 0 amide bonds. The van der Waals surface area contributed by atoms with Crippen LogP contribution in [0.2, 0.25) is 0 Å². The lowest BCUT2D eigenvalue weighted by atomic mass is 10.3. The first-order valence-electron chi connectivity index (χ1n) is 4.67. The SMILES string of the molecule is CCCCN(C)c1cccc(N)n1. The highest BCUT2D eigenvalue weighted by Gasteiger charge is 2.00. The minimum atomic E-state index is 0.584. The Morgan fingerprint density at radius 2 is 2.23 bits per heavy atom. The second-order valence-electron chi connectivity index (χ2n) is 3.20. The number of pyridine rings is 1. The Bertz CT molecular complexity index is 260. The maximum atomic E-state index is 5.59. The molecule has 1 aromatic rings. The Kier molecular flexibility index (Phi) is 3.55. The molecule has 0 aromatic carbocycles. The van der Waals surface area contributed by atoms with Crippen molar-refractivity contribution < 1.29 is 0 Å². The fourth-order valence-corrected chi connectivity index (χ4v) is 1.16. The van der Waals surface area contributed by atoms with Crippen molar-refractivity contribution in [3.8, 4) is 0 Å². The minimum absolute atomic E-state index is 0.584. The van der Waals surface area contributed by atoms with Crippen LogP contribution in [0, 0.1) is 0 Å². The molecule has 1 heterocycles. The first-order chi connectivity index (χ1) is 6.24. The summed E-state index contributed by atoms with van der Waals surface area (Å²) in [5.74, 6) is 1.54. The fourth-order valence-electron chi connectivity index (χ4n) is 1.16. The van der Waals surface area contributed by atoms with Gasteiger partial charge in [-0.1, -0.05) is 19.4 Å². The third kappa shape index (κ3) is 2.93. The molecular weight excluding hydrogens is 162 g/mol. The van der Waals surface area contributed by atoms with E-state index in [-0.39, 0.29) is 0 Å². The van der Waals surface area contributed by atoms with Crippen LogP contribution in [0.3, 0.4) is 0 Å². The number of rotatable bonds is 4. The molecule has 0 saturated carbocycles. The van der Waals surface area contributed by atoms with Crippen molar-refractivity contribution in [2.45, 2.75) is 19.8 Å². The molecule has 1 aromatic heterocycles. The maximum absolute atomic E-state index is 5.59. The molecule has 0 aliphatic carbocycles. The van der Waals surface area contributed by atoms with E-state index in [9.17, 15) is 0 Å². The number of hydrogen-bond donors (Lipinski definition) is 1. The van der Waals surface area contributed by atoms with Gasteiger partial charge >= 0.3 is 0 Å². The number of unbranched alkanes of at least 4 members (excludes halogenated alkanes) is 1. The molecule has 0 unspecified atom stereocenters. The smallest absolute Gasteiger partial charge is 0.130 e. The maximum Gasteiger partial charge on any atom is 0.130 e. The zero-order chi connectivity index (χ0) is 9.68. The van der Waals surface area contributed by atoms with Gasteiger partial charge in [0.25, 0.3) is 0 Å². The Morgan fingerprint density at radius 1 is 1.46 bits per heavy atom. The number of hydrogen-bond acceptors (Lipinski definition) is 3. The predicted molar refractivity (Wildman–Crippen MR) is 56.8 cm³/mol. The summed E-state index contributed by atoms with van der Waals surface area (Å²) in [7, 11) is 2.04. The van der Waals surface area contributed by atoms with Crippen molar-refractivity contribution in [2.75, 3.05) is 24.2 Å². The molecule has 2 N–H and O–H groups in total. The van der Waals surface area contributed by atoms with Crippen LogP contribution in [0.4, 0.5) is 11.6 Å². The Hall–Kier alpha value is -1.25. The number of aromatic nitrogens is 1. The van der Waals surface area contributed by atoms with E-state index >= 15 is 0 Å². The van der Waals surface area contributed by atoms with Gasteiger partial charge < -0.3 is 10.6 Å². The minimum Gasteiger partial charge on any atom is -0.384 e. The summed E-state index contributed by atoms with van der Waals surface area (Å²) in [6, 6.07) is 5.71. The Morgan fingerprint density at radius 3 is 2.85 bits per heavy atom. The Labute approximate surface area is 79.6 Å². The molecule has 0 spiro atoms. The topological polar surface area (TPSA) is 42.1 Å². The molecule has 3 nitrogen and oxygen atoms in total. The molecule has 0 aliphatic rings. The van der Waals surface area contributed by atoms with E-state index in [2.05, 4.69) is 16.8 Å². The van der Waals surface area contributed by atoms with Crippen molar-refractivity contribution >= 4 is 11.6 Å². The first-order valence-corrected chi connectivity index (χ1v) is 4.67. The number of nitrogens with two attached hydrogens (primary N) is 1. The molecule has 3 heteroatoms. The van der Waals surface area contributed by atoms with Gasteiger partial charge in [-0.05, 0) is 18.6 Å². The largest absolute Gasteiger partial charge is 0.384 e. The summed E-state index contributed by atoms with van der Waals surface area (Å²) in [4.78, 5) is 6.35. The first kappa shape index (κ1) is 9.84. The molecule has 13 heavy (non-hydrogen) atoms. The average molecular weight is 179 g/mol. The highest BCUT2D eigenvalue weighted by atomic mass is 15.2. The molecule has 0 saturated heterocycles. The summed E-state index contributed by atoms with van der Waals surface area (Å²) >= 11 is 0. The number of nitrogen functional groups attached to an aromatic ring is 1. The van der Waals surface area contributed by atoms with E-state index in [1.807, 2.05) is 19.2 Å². The van der Waals surface area contributed by atoms with Crippen LogP contribution in [-0.2, 0) is 0 Å². The summed E-state index contributed by atoms with van der Waals surface area (Å²) in [6.07, 6.45) is 2.39. The van der Waals surface area contributed by atoms with Gasteiger partial charge in [0.05, 0.1) is 0 Å². The van der Waals surface area contributed by atoms with Gasteiger partial charge in [0.1, 0.15) is 11.6 Å². The van der Waals surface area contributed by atoms with Gasteiger partial charge in [0.15, 0.2) is 0 Å². The highest BCUT2D eigenvalue weighted by molar-refractivity contribution is 5.43. The van der Waals surface area contributed by atoms with Crippen molar-refractivity contribution in [3.63, 3.8) is 0 Å². The van der Waals surface area contributed by atoms with Crippen molar-refractivity contribution in [1.29, 1.82) is 0 Å². The fraction of sp³-hybridized carbons (Fsp3) is 0.500. The molecule has 0 bridgehead atoms. The second-order valence-corrected chi connectivity index (χ2v) is 3.20. The zero-order valence-electron chi connectivity index (χ0n) is 8.33. The predicted octanol–water partition coefficient (Wildman–Crippen LogP) is 1.90. The van der Waals surface area contributed by atoms with Crippen molar-refractivity contribution in [1.82, 2.24) is 4.98 Å². The van der Waals surface area contributed by atoms with Gasteiger partial charge in [0.2, 0.25) is 0 Å². The average Bonchev–Trinajstić information content (AvgIpc) is 2.14. The molecule has 1 rings (SSSR count). The lowest BCUT2D eigenvalue weighted by Crippen LogP contribution is -2.19. The molecule has 0 radical (unpaired) electrons. The summed E-state index contributed by atoms with van der Waals surface area (Å²) in [6.45, 7) is 3.22. The standard InChI is InChI=1S/C10H17N3/c1-3-4-8-13(2)10-7-5-6-9(11)12-10/h5-7H,3-4,8H2,1-2H3,(H2,11,12). The molecule has 0 fully saturated rings. The summed E-state index contributed by atoms with van der Waals surface area (Å²) < 4.78 is 0. The van der Waals surface area contributed by atoms with Crippen LogP contribution >= 0.6 is 0 Å². The summed E-state index contributed by atoms with van der Waals surface area (Å²) in [5, 5.41) is 0. The lowest BCUT2D eigenvalue weighted by Gasteiger charge is -2.17. The third-order valence-electron chi connectivity index (χ3n) is 1.99. The van der Waals surface area contributed by atoms with Gasteiger partial charge in [0, 0.05) is 13.6 Å². The van der Waals surface area contributed by atoms with Gasteiger partial charge in [-0.3, -0.25) is 0 Å². The van der Waals surface area contributed by atoms with Gasteiger partial charge in [-0.2, -0.15) is 0 Å². The van der Waals surface area contributed by atoms with E-state index in [4.69, 9.17) is 5.73 Å². The second kappa shape index (κ2) is 4.70. The Balaban J connectivity index is 2.60. The normalized spacial score (nSPS) is 10.0. The van der Waals surface area contributed by atoms with E-state index in [1.54, 1.807) is 6.07 Å². The van der Waals surface area contributed by atoms with Gasteiger partial charge in [-0.25, -0.2) is 4.98 Å². The highest BCUT2D eigenvalue weighted by Crippen LogP contribution is 2.10. The summed E-state index contributed by atoms with van der Waals surface area (Å²) in [5.41, 5.74) is 5.59. The van der Waals surface area contributed by atoms with Crippen LogP contribution in [0.15, 0.2) is 18.2 Å². The van der Waals surface area contributed by atoms with Crippen molar-refractivity contribution in [3.05, 3.63) is 18.2 Å². The quantitative estimate of drug-likeness (QED) is 0.767. The van der Waals surface area contributed by atoms with Crippen LogP contribution < -0.4 is 10.6 Å². The molecule has 0 atom stereocenters. The van der Waals surface area contributed by atoms with Crippen LogP contribution in [0.25, 0.3) is 0 Å². The van der Waals surface area contributed by atoms with Crippen LogP contribution in [0.1, 0.15) is 19.8 Å². The third-order valence-corrected chi connectivity index (χ3v) is 1.99.